The van der Waals surface area contributed by atoms with Crippen LogP contribution in [0.1, 0.15) is 26.7 Å². The summed E-state index contributed by atoms with van der Waals surface area (Å²) in [4.78, 5) is 2.44. The van der Waals surface area contributed by atoms with E-state index in [-0.39, 0.29) is 0 Å². The number of hydrogen-bond donors (Lipinski definition) is 1. The van der Waals surface area contributed by atoms with Gasteiger partial charge in [0.1, 0.15) is 0 Å². The molecule has 0 aromatic carbocycles. The van der Waals surface area contributed by atoms with E-state index in [0.717, 1.165) is 6.54 Å². The van der Waals surface area contributed by atoms with Crippen molar-refractivity contribution in [2.45, 2.75) is 32.7 Å². The molecule has 1 aliphatic heterocycles. The molecule has 0 aliphatic carbocycles. The summed E-state index contributed by atoms with van der Waals surface area (Å²) in [5.41, 5.74) is 6.02. The van der Waals surface area contributed by atoms with Gasteiger partial charge in [-0.1, -0.05) is 13.8 Å². The number of nitrogens with zero attached hydrogens (tertiary/aromatic N) is 1. The zero-order valence-corrected chi connectivity index (χ0v) is 7.93. The molecule has 1 rings (SSSR count). The number of hydrogen-bond acceptors (Lipinski definition) is 2. The first-order chi connectivity index (χ1) is 5.08. The largest absolute Gasteiger partial charge is 0.330 e. The van der Waals surface area contributed by atoms with Crippen molar-refractivity contribution in [3.05, 3.63) is 0 Å². The second-order valence-corrected chi connectivity index (χ2v) is 4.33. The predicted molar refractivity (Wildman–Crippen MR) is 48.5 cm³/mol. The molecule has 1 saturated heterocycles. The molecule has 11 heavy (non-hydrogen) atoms. The number of likely N-dealkylation sites (tertiary alicyclic amines) is 1. The monoisotopic (exact) mass is 156 g/mol. The Morgan fingerprint density at radius 3 is 2.55 bits per heavy atom. The maximum atomic E-state index is 5.72. The van der Waals surface area contributed by atoms with Crippen LogP contribution in [0.4, 0.5) is 0 Å². The van der Waals surface area contributed by atoms with Crippen LogP contribution in [-0.4, -0.2) is 31.1 Å². The highest BCUT2D eigenvalue weighted by molar-refractivity contribution is 4.89. The van der Waals surface area contributed by atoms with Gasteiger partial charge in [0.05, 0.1) is 0 Å². The third kappa shape index (κ3) is 1.74. The van der Waals surface area contributed by atoms with Gasteiger partial charge in [-0.05, 0) is 38.4 Å². The lowest BCUT2D eigenvalue weighted by molar-refractivity contribution is 0.158. The number of rotatable bonds is 2. The highest BCUT2D eigenvalue weighted by Crippen LogP contribution is 2.30. The summed E-state index contributed by atoms with van der Waals surface area (Å²) in [5.74, 6) is 0. The lowest BCUT2D eigenvalue weighted by atomic mass is 9.83. The van der Waals surface area contributed by atoms with Crippen LogP contribution < -0.4 is 5.73 Å². The van der Waals surface area contributed by atoms with Crippen molar-refractivity contribution in [1.82, 2.24) is 4.90 Å². The Hall–Kier alpha value is -0.0800. The fraction of sp³-hybridized carbons (Fsp3) is 1.00. The molecule has 0 spiro atoms. The summed E-state index contributed by atoms with van der Waals surface area (Å²) < 4.78 is 0. The van der Waals surface area contributed by atoms with Crippen LogP contribution in [0.15, 0.2) is 0 Å². The third-order valence-corrected chi connectivity index (χ3v) is 2.95. The molecule has 2 N–H and O–H groups in total. The van der Waals surface area contributed by atoms with Crippen LogP contribution in [0.3, 0.4) is 0 Å². The normalized spacial score (nSPS) is 27.8. The first-order valence-corrected chi connectivity index (χ1v) is 4.48. The standard InChI is InChI=1S/C9H20N2/c1-9(2,7-10)8-5-4-6-11(8)3/h8H,4-7,10H2,1-3H3. The molecule has 0 aromatic heterocycles. The zero-order chi connectivity index (χ0) is 8.48. The molecule has 0 amide bonds. The van der Waals surface area contributed by atoms with Crippen molar-refractivity contribution < 1.29 is 0 Å². The molecule has 2 nitrogen and oxygen atoms in total. The number of nitrogens with two attached hydrogens (primary N) is 1. The Morgan fingerprint density at radius 1 is 1.55 bits per heavy atom. The van der Waals surface area contributed by atoms with Crippen molar-refractivity contribution in [3.63, 3.8) is 0 Å². The summed E-state index contributed by atoms with van der Waals surface area (Å²) in [5, 5.41) is 0. The molecule has 1 fully saturated rings. The Kier molecular flexibility index (Phi) is 2.55. The first kappa shape index (κ1) is 9.01. The molecule has 0 aromatic rings. The van der Waals surface area contributed by atoms with E-state index in [1.807, 2.05) is 0 Å². The van der Waals surface area contributed by atoms with Gasteiger partial charge in [0.2, 0.25) is 0 Å². The fourth-order valence-electron chi connectivity index (χ4n) is 2.03. The van der Waals surface area contributed by atoms with Crippen molar-refractivity contribution in [2.75, 3.05) is 20.1 Å². The smallest absolute Gasteiger partial charge is 0.0156 e. The van der Waals surface area contributed by atoms with Gasteiger partial charge in [-0.25, -0.2) is 0 Å². The van der Waals surface area contributed by atoms with E-state index in [9.17, 15) is 0 Å². The van der Waals surface area contributed by atoms with E-state index in [2.05, 4.69) is 25.8 Å². The Morgan fingerprint density at radius 2 is 2.18 bits per heavy atom. The highest BCUT2D eigenvalue weighted by atomic mass is 15.2. The van der Waals surface area contributed by atoms with E-state index in [1.54, 1.807) is 0 Å². The highest BCUT2D eigenvalue weighted by Gasteiger charge is 2.33. The van der Waals surface area contributed by atoms with Gasteiger partial charge in [0.25, 0.3) is 0 Å². The average Bonchev–Trinajstić information content (AvgIpc) is 2.36. The van der Waals surface area contributed by atoms with E-state index in [1.165, 1.54) is 19.4 Å². The van der Waals surface area contributed by atoms with Crippen molar-refractivity contribution in [1.29, 1.82) is 0 Å². The van der Waals surface area contributed by atoms with E-state index < -0.39 is 0 Å². The Balaban J connectivity index is 2.58. The molecule has 1 unspecified atom stereocenters. The minimum Gasteiger partial charge on any atom is -0.330 e. The second-order valence-electron chi connectivity index (χ2n) is 4.33. The average molecular weight is 156 g/mol. The maximum absolute atomic E-state index is 5.72. The molecule has 66 valence electrons. The van der Waals surface area contributed by atoms with E-state index in [0.29, 0.717) is 11.5 Å². The fourth-order valence-corrected chi connectivity index (χ4v) is 2.03. The minimum atomic E-state index is 0.297. The molecule has 1 aliphatic rings. The van der Waals surface area contributed by atoms with Crippen LogP contribution in [-0.2, 0) is 0 Å². The van der Waals surface area contributed by atoms with Crippen LogP contribution in [0.5, 0.6) is 0 Å². The van der Waals surface area contributed by atoms with Gasteiger partial charge < -0.3 is 10.6 Å². The lowest BCUT2D eigenvalue weighted by Crippen LogP contribution is -2.43. The van der Waals surface area contributed by atoms with Crippen LogP contribution in [0, 0.1) is 5.41 Å². The molecule has 1 atom stereocenters. The predicted octanol–water partition coefficient (Wildman–Crippen LogP) is 1.07. The molecule has 0 saturated carbocycles. The lowest BCUT2D eigenvalue weighted by Gasteiger charge is -2.34. The summed E-state index contributed by atoms with van der Waals surface area (Å²) in [7, 11) is 2.20. The van der Waals surface area contributed by atoms with Gasteiger partial charge in [-0.15, -0.1) is 0 Å². The molecule has 1 heterocycles. The second kappa shape index (κ2) is 3.11. The summed E-state index contributed by atoms with van der Waals surface area (Å²) in [6.45, 7) is 6.56. The Bertz CT molecular complexity index is 132. The summed E-state index contributed by atoms with van der Waals surface area (Å²) in [6.07, 6.45) is 2.66. The molecule has 0 bridgehead atoms. The molecule has 2 heteroatoms. The molecular formula is C9H20N2. The van der Waals surface area contributed by atoms with E-state index >= 15 is 0 Å². The van der Waals surface area contributed by atoms with Crippen LogP contribution in [0.2, 0.25) is 0 Å². The third-order valence-electron chi connectivity index (χ3n) is 2.95. The minimum absolute atomic E-state index is 0.297. The van der Waals surface area contributed by atoms with Crippen molar-refractivity contribution in [3.8, 4) is 0 Å². The molecule has 0 radical (unpaired) electrons. The van der Waals surface area contributed by atoms with Crippen molar-refractivity contribution in [2.24, 2.45) is 11.1 Å². The topological polar surface area (TPSA) is 29.3 Å². The first-order valence-electron chi connectivity index (χ1n) is 4.48. The van der Waals surface area contributed by atoms with Crippen molar-refractivity contribution >= 4 is 0 Å². The SMILES string of the molecule is CN1CCCC1C(C)(C)CN. The van der Waals surface area contributed by atoms with Gasteiger partial charge in [-0.2, -0.15) is 0 Å². The quantitative estimate of drug-likeness (QED) is 0.648. The van der Waals surface area contributed by atoms with E-state index in [4.69, 9.17) is 5.73 Å². The van der Waals surface area contributed by atoms with Crippen LogP contribution in [0.25, 0.3) is 0 Å². The van der Waals surface area contributed by atoms with Crippen LogP contribution >= 0.6 is 0 Å². The Labute approximate surface area is 69.8 Å². The van der Waals surface area contributed by atoms with Gasteiger partial charge >= 0.3 is 0 Å². The zero-order valence-electron chi connectivity index (χ0n) is 7.93. The maximum Gasteiger partial charge on any atom is 0.0156 e. The van der Waals surface area contributed by atoms with Gasteiger partial charge in [-0.3, -0.25) is 0 Å². The summed E-state index contributed by atoms with van der Waals surface area (Å²) >= 11 is 0. The van der Waals surface area contributed by atoms with Gasteiger partial charge in [0, 0.05) is 6.04 Å². The summed E-state index contributed by atoms with van der Waals surface area (Å²) in [6, 6.07) is 0.701. The van der Waals surface area contributed by atoms with Gasteiger partial charge in [0.15, 0.2) is 0 Å². The molecular weight excluding hydrogens is 136 g/mol.